The topological polar surface area (TPSA) is 55.8 Å². The van der Waals surface area contributed by atoms with Crippen LogP contribution >= 0.6 is 0 Å². The van der Waals surface area contributed by atoms with Gasteiger partial charge in [-0.05, 0) is 46.1 Å². The standard InChI is InChI=1S/C18H25NO4/c1-17(2,3)23-16(21)19-12-8-11-18(19,4)15(20)22-13-14-9-6-5-7-10-14/h5-7,9-10H,8,11-13H2,1-4H3. The fourth-order valence-corrected chi connectivity index (χ4v) is 2.66. The van der Waals surface area contributed by atoms with Gasteiger partial charge in [-0.3, -0.25) is 4.90 Å². The molecule has 0 aromatic heterocycles. The fourth-order valence-electron chi connectivity index (χ4n) is 2.66. The summed E-state index contributed by atoms with van der Waals surface area (Å²) in [5.74, 6) is -0.385. The molecule has 1 aromatic carbocycles. The van der Waals surface area contributed by atoms with Crippen LogP contribution in [0.3, 0.4) is 0 Å². The van der Waals surface area contributed by atoms with Gasteiger partial charge < -0.3 is 9.47 Å². The van der Waals surface area contributed by atoms with E-state index < -0.39 is 17.2 Å². The second-order valence-corrected chi connectivity index (χ2v) is 7.07. The largest absolute Gasteiger partial charge is 0.459 e. The summed E-state index contributed by atoms with van der Waals surface area (Å²) in [5, 5.41) is 0. The number of benzene rings is 1. The molecule has 0 N–H and O–H groups in total. The van der Waals surface area contributed by atoms with Gasteiger partial charge in [0.2, 0.25) is 0 Å². The lowest BCUT2D eigenvalue weighted by atomic mass is 9.99. The van der Waals surface area contributed by atoms with Crippen LogP contribution in [0.2, 0.25) is 0 Å². The molecule has 1 aliphatic heterocycles. The lowest BCUT2D eigenvalue weighted by molar-refractivity contribution is -0.156. The molecule has 0 spiro atoms. The number of hydrogen-bond acceptors (Lipinski definition) is 4. The smallest absolute Gasteiger partial charge is 0.411 e. The fraction of sp³-hybridized carbons (Fsp3) is 0.556. The predicted octanol–water partition coefficient (Wildman–Crippen LogP) is 3.52. The van der Waals surface area contributed by atoms with Gasteiger partial charge in [0.05, 0.1) is 0 Å². The van der Waals surface area contributed by atoms with Gasteiger partial charge in [-0.15, -0.1) is 0 Å². The molecule has 2 rings (SSSR count). The Morgan fingerprint density at radius 1 is 1.22 bits per heavy atom. The molecule has 0 bridgehead atoms. The molecule has 126 valence electrons. The summed E-state index contributed by atoms with van der Waals surface area (Å²) in [6.45, 7) is 7.89. The molecule has 1 saturated heterocycles. The van der Waals surface area contributed by atoms with Crippen LogP contribution in [0.4, 0.5) is 4.79 Å². The maximum atomic E-state index is 12.5. The van der Waals surface area contributed by atoms with Gasteiger partial charge in [0, 0.05) is 6.54 Å². The average molecular weight is 319 g/mol. The maximum Gasteiger partial charge on any atom is 0.411 e. The first-order valence-corrected chi connectivity index (χ1v) is 7.94. The zero-order valence-corrected chi connectivity index (χ0v) is 14.3. The van der Waals surface area contributed by atoms with Gasteiger partial charge >= 0.3 is 12.1 Å². The van der Waals surface area contributed by atoms with E-state index in [0.717, 1.165) is 12.0 Å². The summed E-state index contributed by atoms with van der Waals surface area (Å²) in [5.41, 5.74) is -0.627. The molecule has 5 nitrogen and oxygen atoms in total. The Kier molecular flexibility index (Phi) is 4.97. The minimum Gasteiger partial charge on any atom is -0.459 e. The third-order valence-corrected chi connectivity index (χ3v) is 3.91. The zero-order valence-electron chi connectivity index (χ0n) is 14.3. The van der Waals surface area contributed by atoms with E-state index in [0.29, 0.717) is 13.0 Å². The third-order valence-electron chi connectivity index (χ3n) is 3.91. The highest BCUT2D eigenvalue weighted by atomic mass is 16.6. The minimum atomic E-state index is -0.961. The van der Waals surface area contributed by atoms with E-state index in [1.807, 2.05) is 51.1 Å². The van der Waals surface area contributed by atoms with Crippen LogP contribution in [-0.2, 0) is 20.9 Å². The van der Waals surface area contributed by atoms with E-state index in [1.54, 1.807) is 6.92 Å². The summed E-state index contributed by atoms with van der Waals surface area (Å²) in [6.07, 6.45) is 0.880. The van der Waals surface area contributed by atoms with Crippen molar-refractivity contribution in [1.29, 1.82) is 0 Å². The maximum absolute atomic E-state index is 12.5. The van der Waals surface area contributed by atoms with Crippen molar-refractivity contribution in [3.8, 4) is 0 Å². The molecule has 0 aliphatic carbocycles. The molecule has 0 radical (unpaired) electrons. The van der Waals surface area contributed by atoms with Crippen molar-refractivity contribution in [3.63, 3.8) is 0 Å². The highest BCUT2D eigenvalue weighted by Crippen LogP contribution is 2.32. The molecule has 23 heavy (non-hydrogen) atoms. The van der Waals surface area contributed by atoms with Crippen LogP contribution in [0.25, 0.3) is 0 Å². The van der Waals surface area contributed by atoms with Crippen LogP contribution in [0.1, 0.15) is 46.1 Å². The number of carbonyl (C=O) groups excluding carboxylic acids is 2. The van der Waals surface area contributed by atoms with E-state index in [4.69, 9.17) is 9.47 Å². The number of ether oxygens (including phenoxy) is 2. The van der Waals surface area contributed by atoms with E-state index in [9.17, 15) is 9.59 Å². The second kappa shape index (κ2) is 6.60. The highest BCUT2D eigenvalue weighted by Gasteiger charge is 2.48. The Bertz CT molecular complexity index is 564. The Morgan fingerprint density at radius 3 is 2.48 bits per heavy atom. The van der Waals surface area contributed by atoms with E-state index in [1.165, 1.54) is 4.90 Å². The number of likely N-dealkylation sites (tertiary alicyclic amines) is 1. The number of carbonyl (C=O) groups is 2. The number of esters is 1. The summed E-state index contributed by atoms with van der Waals surface area (Å²) in [7, 11) is 0. The molecular weight excluding hydrogens is 294 g/mol. The first-order chi connectivity index (χ1) is 10.7. The molecule has 1 fully saturated rings. The van der Waals surface area contributed by atoms with Crippen molar-refractivity contribution >= 4 is 12.1 Å². The molecule has 5 heteroatoms. The minimum absolute atomic E-state index is 0.206. The molecule has 1 aliphatic rings. The first-order valence-electron chi connectivity index (χ1n) is 7.94. The van der Waals surface area contributed by atoms with Gasteiger partial charge in [-0.25, -0.2) is 9.59 Å². The van der Waals surface area contributed by atoms with Crippen LogP contribution < -0.4 is 0 Å². The normalized spacial score (nSPS) is 21.1. The predicted molar refractivity (Wildman–Crippen MR) is 86.8 cm³/mol. The molecule has 1 aromatic rings. The van der Waals surface area contributed by atoms with Crippen molar-refractivity contribution in [2.24, 2.45) is 0 Å². The Balaban J connectivity index is 2.03. The summed E-state index contributed by atoms with van der Waals surface area (Å²) < 4.78 is 10.8. The Hall–Kier alpha value is -2.04. The Morgan fingerprint density at radius 2 is 1.87 bits per heavy atom. The Labute approximate surface area is 137 Å². The van der Waals surface area contributed by atoms with Crippen LogP contribution in [0.15, 0.2) is 30.3 Å². The van der Waals surface area contributed by atoms with Crippen molar-refractivity contribution < 1.29 is 19.1 Å². The lowest BCUT2D eigenvalue weighted by Crippen LogP contribution is -2.52. The third kappa shape index (κ3) is 4.24. The van der Waals surface area contributed by atoms with Crippen LogP contribution in [-0.4, -0.2) is 34.6 Å². The van der Waals surface area contributed by atoms with Crippen molar-refractivity contribution in [1.82, 2.24) is 4.90 Å². The lowest BCUT2D eigenvalue weighted by Gasteiger charge is -2.34. The SMILES string of the molecule is CC(C)(C)OC(=O)N1CCCC1(C)C(=O)OCc1ccccc1. The number of hydrogen-bond donors (Lipinski definition) is 0. The molecule has 0 saturated carbocycles. The summed E-state index contributed by atoms with van der Waals surface area (Å²) >= 11 is 0. The van der Waals surface area contributed by atoms with Gasteiger partial charge in [-0.1, -0.05) is 30.3 Å². The number of rotatable bonds is 3. The molecule has 1 amide bonds. The monoisotopic (exact) mass is 319 g/mol. The van der Waals surface area contributed by atoms with Crippen molar-refractivity contribution in [3.05, 3.63) is 35.9 Å². The summed E-state index contributed by atoms with van der Waals surface area (Å²) in [4.78, 5) is 26.4. The van der Waals surface area contributed by atoms with Crippen molar-refractivity contribution in [2.45, 2.75) is 58.3 Å². The zero-order chi connectivity index (χ0) is 17.1. The summed E-state index contributed by atoms with van der Waals surface area (Å²) in [6, 6.07) is 9.50. The van der Waals surface area contributed by atoms with Crippen LogP contribution in [0, 0.1) is 0 Å². The van der Waals surface area contributed by atoms with E-state index in [2.05, 4.69) is 0 Å². The van der Waals surface area contributed by atoms with Gasteiger partial charge in [0.15, 0.2) is 0 Å². The van der Waals surface area contributed by atoms with E-state index >= 15 is 0 Å². The van der Waals surface area contributed by atoms with E-state index in [-0.39, 0.29) is 12.6 Å². The van der Waals surface area contributed by atoms with Crippen molar-refractivity contribution in [2.75, 3.05) is 6.54 Å². The van der Waals surface area contributed by atoms with Gasteiger partial charge in [0.25, 0.3) is 0 Å². The number of nitrogens with zero attached hydrogens (tertiary/aromatic N) is 1. The molecular formula is C18H25NO4. The van der Waals surface area contributed by atoms with Gasteiger partial charge in [-0.2, -0.15) is 0 Å². The second-order valence-electron chi connectivity index (χ2n) is 7.07. The quantitative estimate of drug-likeness (QED) is 0.800. The van der Waals surface area contributed by atoms with Crippen LogP contribution in [0.5, 0.6) is 0 Å². The highest BCUT2D eigenvalue weighted by molar-refractivity contribution is 5.86. The molecule has 1 unspecified atom stereocenters. The number of amides is 1. The average Bonchev–Trinajstić information content (AvgIpc) is 2.87. The molecule has 1 heterocycles. The van der Waals surface area contributed by atoms with Gasteiger partial charge in [0.1, 0.15) is 17.7 Å². The molecule has 1 atom stereocenters. The first kappa shape index (κ1) is 17.3.